The SMILES string of the molecule is O=C(N[C@@H]1CCC[C@H]1OCc1ccccc1)N1CCC2(OCCN2S(=O)(=O)c2ccccc2)C(F)C1. The number of piperidine rings is 1. The number of urea groups is 1. The number of hydrogen-bond donors (Lipinski definition) is 1. The van der Waals surface area contributed by atoms with E-state index in [1.54, 1.807) is 18.2 Å². The van der Waals surface area contributed by atoms with Crippen LogP contribution in [0.15, 0.2) is 65.6 Å². The molecule has 8 nitrogen and oxygen atoms in total. The number of nitrogens with one attached hydrogen (secondary N) is 1. The normalized spacial score (nSPS) is 29.0. The van der Waals surface area contributed by atoms with Gasteiger partial charge < -0.3 is 19.7 Å². The number of likely N-dealkylation sites (tertiary alicyclic amines) is 1. The molecule has 1 saturated carbocycles. The first kappa shape index (κ1) is 25.1. The molecule has 1 aliphatic carbocycles. The molecule has 194 valence electrons. The van der Waals surface area contributed by atoms with Gasteiger partial charge in [-0.1, -0.05) is 48.5 Å². The standard InChI is InChI=1S/C26H32FN3O5S/c27-24-18-29(25(31)28-22-12-7-13-23(22)34-19-20-8-3-1-4-9-20)15-14-26(24)30(16-17-35-26)36(32,33)21-10-5-2-6-11-21/h1-6,8-11,22-24H,7,12-19H2,(H,28,31)/t22-,23-,24?,26?/m1/s1. The van der Waals surface area contributed by atoms with E-state index in [-0.39, 0.29) is 55.7 Å². The number of amides is 2. The Kier molecular flexibility index (Phi) is 7.30. The Balaban J connectivity index is 1.21. The minimum absolute atomic E-state index is 0.0618. The molecule has 2 saturated heterocycles. The Labute approximate surface area is 211 Å². The largest absolute Gasteiger partial charge is 0.371 e. The van der Waals surface area contributed by atoms with Crippen LogP contribution in [0.3, 0.4) is 0 Å². The first-order chi connectivity index (χ1) is 17.4. The van der Waals surface area contributed by atoms with Crippen LogP contribution in [0.1, 0.15) is 31.2 Å². The van der Waals surface area contributed by atoms with Crippen LogP contribution >= 0.6 is 0 Å². The second-order valence-electron chi connectivity index (χ2n) is 9.57. The minimum Gasteiger partial charge on any atom is -0.371 e. The van der Waals surface area contributed by atoms with E-state index in [1.807, 2.05) is 30.3 Å². The number of sulfonamides is 1. The lowest BCUT2D eigenvalue weighted by atomic mass is 9.99. The molecular formula is C26H32FN3O5S. The number of carbonyl (C=O) groups excluding carboxylic acids is 1. The zero-order valence-corrected chi connectivity index (χ0v) is 20.9. The summed E-state index contributed by atoms with van der Waals surface area (Å²) in [6.45, 7) is 0.609. The summed E-state index contributed by atoms with van der Waals surface area (Å²) in [5, 5.41) is 3.02. The van der Waals surface area contributed by atoms with Gasteiger partial charge in [0.15, 0.2) is 11.9 Å². The van der Waals surface area contributed by atoms with E-state index in [1.165, 1.54) is 17.0 Å². The van der Waals surface area contributed by atoms with Crippen molar-refractivity contribution in [2.45, 2.75) is 61.2 Å². The smallest absolute Gasteiger partial charge is 0.317 e. The van der Waals surface area contributed by atoms with Gasteiger partial charge in [0.05, 0.1) is 36.8 Å². The molecule has 4 atom stereocenters. The zero-order chi connectivity index (χ0) is 25.2. The Morgan fingerprint density at radius 1 is 1.08 bits per heavy atom. The Hall–Kier alpha value is -2.53. The van der Waals surface area contributed by atoms with Crippen molar-refractivity contribution in [3.05, 3.63) is 66.2 Å². The molecule has 2 heterocycles. The summed E-state index contributed by atoms with van der Waals surface area (Å²) in [5.41, 5.74) is -0.525. The molecule has 0 bridgehead atoms. The van der Waals surface area contributed by atoms with Gasteiger partial charge in [-0.3, -0.25) is 0 Å². The first-order valence-corrected chi connectivity index (χ1v) is 13.9. The Morgan fingerprint density at radius 2 is 1.81 bits per heavy atom. The van der Waals surface area contributed by atoms with Gasteiger partial charge in [-0.15, -0.1) is 0 Å². The van der Waals surface area contributed by atoms with Crippen molar-refractivity contribution in [3.8, 4) is 0 Å². The van der Waals surface area contributed by atoms with Crippen molar-refractivity contribution in [1.29, 1.82) is 0 Å². The lowest BCUT2D eigenvalue weighted by molar-refractivity contribution is -0.135. The number of halogens is 1. The average molecular weight is 518 g/mol. The maximum Gasteiger partial charge on any atom is 0.317 e. The van der Waals surface area contributed by atoms with Crippen LogP contribution in [-0.2, 0) is 26.1 Å². The predicted octanol–water partition coefficient (Wildman–Crippen LogP) is 3.30. The molecule has 1 N–H and O–H groups in total. The molecule has 3 aliphatic rings. The maximum atomic E-state index is 15.7. The van der Waals surface area contributed by atoms with Crippen molar-refractivity contribution >= 4 is 16.1 Å². The highest BCUT2D eigenvalue weighted by atomic mass is 32.2. The molecule has 2 unspecified atom stereocenters. The van der Waals surface area contributed by atoms with Crippen LogP contribution in [0.5, 0.6) is 0 Å². The molecule has 0 radical (unpaired) electrons. The number of ether oxygens (including phenoxy) is 2. The fourth-order valence-electron chi connectivity index (χ4n) is 5.44. The Morgan fingerprint density at radius 3 is 2.53 bits per heavy atom. The lowest BCUT2D eigenvalue weighted by Gasteiger charge is -2.45. The molecule has 36 heavy (non-hydrogen) atoms. The van der Waals surface area contributed by atoms with Crippen molar-refractivity contribution in [3.63, 3.8) is 0 Å². The first-order valence-electron chi connectivity index (χ1n) is 12.5. The number of rotatable bonds is 6. The van der Waals surface area contributed by atoms with Crippen molar-refractivity contribution in [2.24, 2.45) is 0 Å². The highest BCUT2D eigenvalue weighted by molar-refractivity contribution is 7.89. The van der Waals surface area contributed by atoms with E-state index >= 15 is 4.39 Å². The van der Waals surface area contributed by atoms with Crippen LogP contribution in [0.2, 0.25) is 0 Å². The summed E-state index contributed by atoms with van der Waals surface area (Å²) < 4.78 is 55.2. The van der Waals surface area contributed by atoms with E-state index in [4.69, 9.17) is 9.47 Å². The maximum absolute atomic E-state index is 15.7. The van der Waals surface area contributed by atoms with E-state index in [9.17, 15) is 13.2 Å². The summed E-state index contributed by atoms with van der Waals surface area (Å²) in [5.74, 6) is 0. The molecule has 10 heteroatoms. The molecule has 2 aliphatic heterocycles. The molecule has 2 amide bonds. The average Bonchev–Trinajstić information content (AvgIpc) is 3.53. The molecule has 2 aromatic carbocycles. The fraction of sp³-hybridized carbons (Fsp3) is 0.500. The number of benzene rings is 2. The molecule has 3 fully saturated rings. The van der Waals surface area contributed by atoms with Gasteiger partial charge in [-0.2, -0.15) is 4.31 Å². The van der Waals surface area contributed by atoms with E-state index in [0.717, 1.165) is 29.1 Å². The van der Waals surface area contributed by atoms with E-state index < -0.39 is 21.9 Å². The van der Waals surface area contributed by atoms with Gasteiger partial charge in [0.2, 0.25) is 10.0 Å². The molecule has 1 spiro atoms. The van der Waals surface area contributed by atoms with Gasteiger partial charge >= 0.3 is 6.03 Å². The van der Waals surface area contributed by atoms with Crippen molar-refractivity contribution < 1.29 is 27.1 Å². The number of carbonyl (C=O) groups is 1. The quantitative estimate of drug-likeness (QED) is 0.635. The van der Waals surface area contributed by atoms with Crippen LogP contribution < -0.4 is 5.32 Å². The van der Waals surface area contributed by atoms with Crippen LogP contribution in [-0.4, -0.2) is 73.9 Å². The third-order valence-corrected chi connectivity index (χ3v) is 9.31. The topological polar surface area (TPSA) is 88.2 Å². The van der Waals surface area contributed by atoms with Crippen molar-refractivity contribution in [1.82, 2.24) is 14.5 Å². The zero-order valence-electron chi connectivity index (χ0n) is 20.1. The van der Waals surface area contributed by atoms with Crippen LogP contribution in [0, 0.1) is 0 Å². The summed E-state index contributed by atoms with van der Waals surface area (Å²) >= 11 is 0. The van der Waals surface area contributed by atoms with Gasteiger partial charge in [0, 0.05) is 19.5 Å². The minimum atomic E-state index is -3.94. The summed E-state index contributed by atoms with van der Waals surface area (Å²) in [4.78, 5) is 14.6. The lowest BCUT2D eigenvalue weighted by Crippen LogP contribution is -2.64. The van der Waals surface area contributed by atoms with Gasteiger partial charge in [-0.25, -0.2) is 17.6 Å². The van der Waals surface area contributed by atoms with Gasteiger partial charge in [0.25, 0.3) is 0 Å². The molecule has 0 aromatic heterocycles. The van der Waals surface area contributed by atoms with Crippen LogP contribution in [0.4, 0.5) is 9.18 Å². The van der Waals surface area contributed by atoms with E-state index in [2.05, 4.69) is 5.32 Å². The highest BCUT2D eigenvalue weighted by Gasteiger charge is 2.57. The number of hydrogen-bond acceptors (Lipinski definition) is 5. The number of alkyl halides is 1. The fourth-order valence-corrected chi connectivity index (χ4v) is 7.17. The highest BCUT2D eigenvalue weighted by Crippen LogP contribution is 2.40. The molecule has 2 aromatic rings. The molecular weight excluding hydrogens is 485 g/mol. The number of nitrogens with zero attached hydrogens (tertiary/aromatic N) is 2. The summed E-state index contributed by atoms with van der Waals surface area (Å²) in [6.07, 6.45) is 0.884. The second kappa shape index (κ2) is 10.5. The van der Waals surface area contributed by atoms with Gasteiger partial charge in [-0.05, 0) is 37.0 Å². The third-order valence-electron chi connectivity index (χ3n) is 7.37. The monoisotopic (exact) mass is 517 g/mol. The summed E-state index contributed by atoms with van der Waals surface area (Å²) in [6, 6.07) is 17.4. The van der Waals surface area contributed by atoms with Gasteiger partial charge in [0.1, 0.15) is 0 Å². The Bertz CT molecular complexity index is 1150. The van der Waals surface area contributed by atoms with Crippen molar-refractivity contribution in [2.75, 3.05) is 26.2 Å². The molecule has 5 rings (SSSR count). The second-order valence-corrected chi connectivity index (χ2v) is 11.4. The third kappa shape index (κ3) is 4.87. The predicted molar refractivity (Wildman–Crippen MR) is 131 cm³/mol. The van der Waals surface area contributed by atoms with E-state index in [0.29, 0.717) is 6.61 Å². The van der Waals surface area contributed by atoms with Crippen LogP contribution in [0.25, 0.3) is 0 Å². The summed E-state index contributed by atoms with van der Waals surface area (Å²) in [7, 11) is -3.94.